The number of hydrogen-bond donors (Lipinski definition) is 3. The Labute approximate surface area is 180 Å². The Balaban J connectivity index is 1.74. The monoisotopic (exact) mass is 420 g/mol. The van der Waals surface area contributed by atoms with E-state index in [1.807, 2.05) is 40.0 Å². The molecule has 0 radical (unpaired) electrons. The number of benzene rings is 1. The maximum absolute atomic E-state index is 9.52. The van der Waals surface area contributed by atoms with Crippen LogP contribution in [0.5, 0.6) is 0 Å². The summed E-state index contributed by atoms with van der Waals surface area (Å²) in [5, 5.41) is 15.3. The molecule has 0 aliphatic carbocycles. The zero-order valence-corrected chi connectivity index (χ0v) is 17.7. The van der Waals surface area contributed by atoms with Crippen LogP contribution in [-0.4, -0.2) is 49.5 Å². The number of rotatable bonds is 9. The summed E-state index contributed by atoms with van der Waals surface area (Å²) in [6, 6.07) is 8.05. The molecule has 5 N–H and O–H groups in total. The predicted molar refractivity (Wildman–Crippen MR) is 123 cm³/mol. The van der Waals surface area contributed by atoms with Gasteiger partial charge in [-0.1, -0.05) is 31.5 Å². The van der Waals surface area contributed by atoms with E-state index in [4.69, 9.17) is 16.6 Å². The molecule has 0 unspecified atom stereocenters. The van der Waals surface area contributed by atoms with Gasteiger partial charge in [0.2, 0.25) is 5.95 Å². The number of aromatic nitrogens is 5. The van der Waals surface area contributed by atoms with Crippen LogP contribution in [0.3, 0.4) is 0 Å². The maximum Gasteiger partial charge on any atom is 0.222 e. The minimum atomic E-state index is 0.0287. The number of nitrogen functional groups attached to an aromatic ring is 1. The zero-order chi connectivity index (χ0) is 21.8. The van der Waals surface area contributed by atoms with E-state index >= 15 is 0 Å². The Morgan fingerprint density at radius 1 is 1.10 bits per heavy atom. The van der Waals surface area contributed by atoms with Crippen molar-refractivity contribution in [2.45, 2.75) is 32.9 Å². The van der Waals surface area contributed by atoms with Crippen LogP contribution in [-0.2, 0) is 13.1 Å². The third kappa shape index (κ3) is 4.28. The van der Waals surface area contributed by atoms with Gasteiger partial charge in [-0.15, -0.1) is 0 Å². The second kappa shape index (κ2) is 9.23. The Kier molecular flexibility index (Phi) is 6.24. The molecule has 0 spiro atoms. The van der Waals surface area contributed by atoms with Crippen molar-refractivity contribution in [3.63, 3.8) is 0 Å². The van der Waals surface area contributed by atoms with Crippen molar-refractivity contribution in [1.82, 2.24) is 24.7 Å². The van der Waals surface area contributed by atoms with Crippen molar-refractivity contribution >= 4 is 33.7 Å². The number of hydrogen-bond acceptors (Lipinski definition) is 8. The second-order valence-electron chi connectivity index (χ2n) is 7.52. The highest BCUT2D eigenvalue weighted by molar-refractivity contribution is 5.87. The third-order valence-corrected chi connectivity index (χ3v) is 5.36. The van der Waals surface area contributed by atoms with Crippen molar-refractivity contribution in [3.05, 3.63) is 47.8 Å². The largest absolute Gasteiger partial charge is 0.395 e. The molecular weight excluding hydrogens is 392 g/mol. The van der Waals surface area contributed by atoms with Gasteiger partial charge in [0.1, 0.15) is 5.52 Å². The summed E-state index contributed by atoms with van der Waals surface area (Å²) in [7, 11) is 0. The first-order valence-corrected chi connectivity index (χ1v) is 10.6. The second-order valence-corrected chi connectivity index (χ2v) is 7.52. The molecule has 162 valence electrons. The first kappa shape index (κ1) is 21.0. The van der Waals surface area contributed by atoms with Gasteiger partial charge < -0.3 is 21.5 Å². The summed E-state index contributed by atoms with van der Waals surface area (Å²) in [5.41, 5.74) is 16.3. The molecule has 9 heteroatoms. The standard InChI is InChI=1S/C22H28N8O/c1-2-3-9-29(10-11-31)21-20-18(26-22(24)27-21)14-30(28-20)13-16-7-6-15(12-23)17-5-4-8-25-19(16)17/h4-8,14,31H,2-3,9-13,23H2,1H3,(H2,24,26). The molecule has 4 rings (SSSR count). The molecule has 0 saturated heterocycles. The number of nitrogens with two attached hydrogens (primary N) is 2. The topological polar surface area (TPSA) is 132 Å². The van der Waals surface area contributed by atoms with Gasteiger partial charge in [-0.3, -0.25) is 9.67 Å². The smallest absolute Gasteiger partial charge is 0.222 e. The summed E-state index contributed by atoms with van der Waals surface area (Å²) in [6.07, 6.45) is 5.69. The van der Waals surface area contributed by atoms with E-state index in [-0.39, 0.29) is 12.6 Å². The molecule has 0 aliphatic heterocycles. The van der Waals surface area contributed by atoms with Gasteiger partial charge in [0.25, 0.3) is 0 Å². The number of nitrogens with zero attached hydrogens (tertiary/aromatic N) is 6. The normalized spacial score (nSPS) is 11.5. The fourth-order valence-electron chi connectivity index (χ4n) is 3.83. The number of pyridine rings is 1. The van der Waals surface area contributed by atoms with Crippen molar-refractivity contribution in [3.8, 4) is 0 Å². The van der Waals surface area contributed by atoms with Crippen LogP contribution in [0, 0.1) is 0 Å². The molecule has 1 aromatic carbocycles. The minimum absolute atomic E-state index is 0.0287. The van der Waals surface area contributed by atoms with Crippen molar-refractivity contribution in [2.75, 3.05) is 30.3 Å². The lowest BCUT2D eigenvalue weighted by atomic mass is 10.0. The Morgan fingerprint density at radius 3 is 2.71 bits per heavy atom. The lowest BCUT2D eigenvalue weighted by molar-refractivity contribution is 0.301. The van der Waals surface area contributed by atoms with Crippen LogP contribution in [0.25, 0.3) is 21.9 Å². The van der Waals surface area contributed by atoms with Crippen LogP contribution in [0.1, 0.15) is 30.9 Å². The number of fused-ring (bicyclic) bond motifs is 2. The van der Waals surface area contributed by atoms with Crippen LogP contribution in [0.15, 0.2) is 36.7 Å². The number of anilines is 2. The summed E-state index contributed by atoms with van der Waals surface area (Å²) in [5.74, 6) is 0.853. The summed E-state index contributed by atoms with van der Waals surface area (Å²) >= 11 is 0. The Morgan fingerprint density at radius 2 is 1.94 bits per heavy atom. The first-order chi connectivity index (χ1) is 15.1. The molecule has 0 bridgehead atoms. The molecule has 31 heavy (non-hydrogen) atoms. The van der Waals surface area contributed by atoms with E-state index < -0.39 is 0 Å². The summed E-state index contributed by atoms with van der Waals surface area (Å²) < 4.78 is 1.84. The fraction of sp³-hybridized carbons (Fsp3) is 0.364. The average molecular weight is 421 g/mol. The van der Waals surface area contributed by atoms with E-state index in [0.29, 0.717) is 36.5 Å². The van der Waals surface area contributed by atoms with Gasteiger partial charge in [0.15, 0.2) is 11.3 Å². The van der Waals surface area contributed by atoms with Gasteiger partial charge in [0, 0.05) is 31.2 Å². The highest BCUT2D eigenvalue weighted by Crippen LogP contribution is 2.26. The molecule has 3 heterocycles. The number of aliphatic hydroxyl groups excluding tert-OH is 1. The molecule has 4 aromatic rings. The van der Waals surface area contributed by atoms with Crippen molar-refractivity contribution in [1.29, 1.82) is 0 Å². The predicted octanol–water partition coefficient (Wildman–Crippen LogP) is 2.06. The van der Waals surface area contributed by atoms with Gasteiger partial charge in [-0.05, 0) is 23.6 Å². The minimum Gasteiger partial charge on any atom is -0.395 e. The van der Waals surface area contributed by atoms with Crippen molar-refractivity contribution in [2.24, 2.45) is 5.73 Å². The zero-order valence-electron chi connectivity index (χ0n) is 17.7. The number of unbranched alkanes of at least 4 members (excludes halogenated alkanes) is 1. The van der Waals surface area contributed by atoms with Gasteiger partial charge in [-0.2, -0.15) is 10.1 Å². The molecule has 0 aliphatic rings. The van der Waals surface area contributed by atoms with Gasteiger partial charge in [0.05, 0.1) is 24.9 Å². The molecule has 0 fully saturated rings. The molecule has 0 amide bonds. The Bertz CT molecular complexity index is 1190. The van der Waals surface area contributed by atoms with Crippen molar-refractivity contribution < 1.29 is 5.11 Å². The Hall–Kier alpha value is -3.30. The molecule has 0 saturated carbocycles. The van der Waals surface area contributed by atoms with E-state index in [1.54, 1.807) is 6.20 Å². The molecule has 9 nitrogen and oxygen atoms in total. The van der Waals surface area contributed by atoms with E-state index in [1.165, 1.54) is 0 Å². The highest BCUT2D eigenvalue weighted by Gasteiger charge is 2.17. The van der Waals surface area contributed by atoms with Gasteiger partial charge in [-0.25, -0.2) is 4.98 Å². The van der Waals surface area contributed by atoms with Gasteiger partial charge >= 0.3 is 0 Å². The van der Waals surface area contributed by atoms with Crippen LogP contribution >= 0.6 is 0 Å². The van der Waals surface area contributed by atoms with E-state index in [2.05, 4.69) is 21.9 Å². The lowest BCUT2D eigenvalue weighted by Gasteiger charge is -2.22. The first-order valence-electron chi connectivity index (χ1n) is 10.6. The number of aliphatic hydroxyl groups is 1. The lowest BCUT2D eigenvalue weighted by Crippen LogP contribution is -2.29. The molecular formula is C22H28N8O. The van der Waals surface area contributed by atoms with E-state index in [9.17, 15) is 5.11 Å². The highest BCUT2D eigenvalue weighted by atomic mass is 16.3. The maximum atomic E-state index is 9.52. The summed E-state index contributed by atoms with van der Waals surface area (Å²) in [6.45, 7) is 4.39. The van der Waals surface area contributed by atoms with Crippen LogP contribution in [0.2, 0.25) is 0 Å². The quantitative estimate of drug-likeness (QED) is 0.375. The molecule has 3 aromatic heterocycles. The van der Waals surface area contributed by atoms with E-state index in [0.717, 1.165) is 41.4 Å². The summed E-state index contributed by atoms with van der Waals surface area (Å²) in [4.78, 5) is 15.4. The SMILES string of the molecule is CCCCN(CCO)c1nc(N)nc2cn(Cc3ccc(CN)c4cccnc34)nc12. The molecule has 0 atom stereocenters. The van der Waals surface area contributed by atoms with Crippen LogP contribution < -0.4 is 16.4 Å². The average Bonchev–Trinajstić information content (AvgIpc) is 3.18. The van der Waals surface area contributed by atoms with Crippen LogP contribution in [0.4, 0.5) is 11.8 Å². The third-order valence-electron chi connectivity index (χ3n) is 5.36. The fourth-order valence-corrected chi connectivity index (χ4v) is 3.83.